The van der Waals surface area contributed by atoms with Gasteiger partial charge in [0.15, 0.2) is 0 Å². The number of aromatic nitrogens is 2. The van der Waals surface area contributed by atoms with Gasteiger partial charge >= 0.3 is 0 Å². The van der Waals surface area contributed by atoms with Crippen LogP contribution < -0.4 is 0 Å². The normalized spacial score (nSPS) is 12.1. The number of halogens is 3. The number of rotatable bonds is 6. The van der Waals surface area contributed by atoms with Crippen LogP contribution in [0.15, 0.2) is 0 Å². The van der Waals surface area contributed by atoms with E-state index in [-0.39, 0.29) is 5.41 Å². The summed E-state index contributed by atoms with van der Waals surface area (Å²) in [6, 6.07) is 0. The second kappa shape index (κ2) is 6.58. The topological polar surface area (TPSA) is 17.8 Å². The molecule has 0 fully saturated rings. The van der Waals surface area contributed by atoms with Gasteiger partial charge in [0.05, 0.1) is 16.4 Å². The molecule has 0 bridgehead atoms. The summed E-state index contributed by atoms with van der Waals surface area (Å²) in [5.41, 5.74) is 2.27. The fourth-order valence-electron chi connectivity index (χ4n) is 2.11. The summed E-state index contributed by atoms with van der Waals surface area (Å²) in [5, 5.41) is 7.14. The monoisotopic (exact) mass is 384 g/mol. The maximum Gasteiger partial charge on any atom is 0.0847 e. The summed E-state index contributed by atoms with van der Waals surface area (Å²) in [6.45, 7) is 4.17. The van der Waals surface area contributed by atoms with Crippen LogP contribution in [0.3, 0.4) is 0 Å². The first kappa shape index (κ1) is 15.5. The third-order valence-electron chi connectivity index (χ3n) is 3.15. The van der Waals surface area contributed by atoms with Crippen LogP contribution in [0.4, 0.5) is 0 Å². The van der Waals surface area contributed by atoms with Gasteiger partial charge in [-0.15, -0.1) is 0 Å². The maximum atomic E-state index is 6.32. The Morgan fingerprint density at radius 3 is 2.29 bits per heavy atom. The van der Waals surface area contributed by atoms with Crippen molar-refractivity contribution >= 4 is 43.5 Å². The molecule has 1 heterocycles. The molecule has 0 aromatic carbocycles. The van der Waals surface area contributed by atoms with E-state index in [1.807, 2.05) is 18.7 Å². The highest BCUT2D eigenvalue weighted by Gasteiger charge is 2.30. The Labute approximate surface area is 125 Å². The maximum absolute atomic E-state index is 6.32. The summed E-state index contributed by atoms with van der Waals surface area (Å²) in [4.78, 5) is 0. The van der Waals surface area contributed by atoms with Crippen LogP contribution in [0.1, 0.15) is 31.2 Å². The van der Waals surface area contributed by atoms with E-state index in [4.69, 9.17) is 11.6 Å². The predicted octanol–water partition coefficient (Wildman–Crippen LogP) is 4.50. The fourth-order valence-corrected chi connectivity index (χ4v) is 4.22. The zero-order valence-corrected chi connectivity index (χ0v) is 14.5. The van der Waals surface area contributed by atoms with E-state index in [1.165, 1.54) is 12.8 Å². The summed E-state index contributed by atoms with van der Waals surface area (Å²) in [7, 11) is 1.97. The van der Waals surface area contributed by atoms with Gasteiger partial charge in [-0.2, -0.15) is 5.10 Å². The molecule has 0 N–H and O–H groups in total. The van der Waals surface area contributed by atoms with E-state index in [0.717, 1.165) is 33.5 Å². The second-order valence-electron chi connectivity index (χ2n) is 4.66. The van der Waals surface area contributed by atoms with Gasteiger partial charge in [0.1, 0.15) is 0 Å². The fraction of sp³-hybridized carbons (Fsp3) is 0.750. The molecular weight excluding hydrogens is 367 g/mol. The third kappa shape index (κ3) is 3.48. The van der Waals surface area contributed by atoms with E-state index < -0.39 is 0 Å². The SMILES string of the molecule is CCCC(CBr)(CBr)Cc1c(Cl)c(C)nn1C. The molecule has 0 spiro atoms. The van der Waals surface area contributed by atoms with Crippen LogP contribution in [0, 0.1) is 12.3 Å². The molecule has 0 atom stereocenters. The van der Waals surface area contributed by atoms with Gasteiger partial charge in [0.25, 0.3) is 0 Å². The van der Waals surface area contributed by atoms with Crippen molar-refractivity contribution in [1.82, 2.24) is 9.78 Å². The van der Waals surface area contributed by atoms with Crippen molar-refractivity contribution in [1.29, 1.82) is 0 Å². The van der Waals surface area contributed by atoms with E-state index in [2.05, 4.69) is 43.9 Å². The molecule has 1 aromatic rings. The van der Waals surface area contributed by atoms with Gasteiger partial charge in [-0.1, -0.05) is 56.8 Å². The predicted molar refractivity (Wildman–Crippen MR) is 81.6 cm³/mol. The molecule has 2 nitrogen and oxygen atoms in total. The molecule has 0 aliphatic rings. The van der Waals surface area contributed by atoms with E-state index in [0.29, 0.717) is 0 Å². The summed E-state index contributed by atoms with van der Waals surface area (Å²) in [5.74, 6) is 0. The van der Waals surface area contributed by atoms with E-state index in [9.17, 15) is 0 Å². The molecule has 17 heavy (non-hydrogen) atoms. The second-order valence-corrected chi connectivity index (χ2v) is 6.16. The quantitative estimate of drug-likeness (QED) is 0.658. The molecule has 0 aliphatic heterocycles. The van der Waals surface area contributed by atoms with Gasteiger partial charge in [-0.3, -0.25) is 4.68 Å². The standard InChI is InChI=1S/C12H19Br2ClN2/c1-4-5-12(7-13,8-14)6-10-11(15)9(2)16-17(10)3/h4-8H2,1-3H3. The van der Waals surface area contributed by atoms with Crippen molar-refractivity contribution in [2.75, 3.05) is 10.7 Å². The molecule has 5 heteroatoms. The first-order chi connectivity index (χ1) is 7.99. The lowest BCUT2D eigenvalue weighted by molar-refractivity contribution is 0.343. The van der Waals surface area contributed by atoms with Gasteiger partial charge < -0.3 is 0 Å². The third-order valence-corrected chi connectivity index (χ3v) is 6.02. The van der Waals surface area contributed by atoms with Gasteiger partial charge in [0, 0.05) is 17.7 Å². The molecule has 0 unspecified atom stereocenters. The summed E-state index contributed by atoms with van der Waals surface area (Å²) in [6.07, 6.45) is 3.29. The Kier molecular flexibility index (Phi) is 6.00. The van der Waals surface area contributed by atoms with Gasteiger partial charge in [0.2, 0.25) is 0 Å². The molecule has 0 radical (unpaired) electrons. The lowest BCUT2D eigenvalue weighted by atomic mass is 9.83. The Morgan fingerprint density at radius 2 is 1.94 bits per heavy atom. The number of aryl methyl sites for hydroxylation is 2. The highest BCUT2D eigenvalue weighted by atomic mass is 79.9. The first-order valence-electron chi connectivity index (χ1n) is 5.79. The van der Waals surface area contributed by atoms with E-state index >= 15 is 0 Å². The van der Waals surface area contributed by atoms with Crippen LogP contribution in [-0.2, 0) is 13.5 Å². The minimum Gasteiger partial charge on any atom is -0.271 e. The molecular formula is C12H19Br2ClN2. The lowest BCUT2D eigenvalue weighted by Gasteiger charge is -2.29. The van der Waals surface area contributed by atoms with Crippen molar-refractivity contribution in [3.8, 4) is 0 Å². The van der Waals surface area contributed by atoms with Crippen LogP contribution in [0.25, 0.3) is 0 Å². The number of nitrogens with zero attached hydrogens (tertiary/aromatic N) is 2. The molecule has 98 valence electrons. The number of hydrogen-bond acceptors (Lipinski definition) is 1. The first-order valence-corrected chi connectivity index (χ1v) is 8.41. The Balaban J connectivity index is 3.00. The summed E-state index contributed by atoms with van der Waals surface area (Å²) < 4.78 is 1.91. The highest BCUT2D eigenvalue weighted by Crippen LogP contribution is 2.35. The highest BCUT2D eigenvalue weighted by molar-refractivity contribution is 9.09. The van der Waals surface area contributed by atoms with Crippen molar-refractivity contribution in [2.45, 2.75) is 33.1 Å². The van der Waals surface area contributed by atoms with Crippen LogP contribution in [-0.4, -0.2) is 20.4 Å². The smallest absolute Gasteiger partial charge is 0.0847 e. The Morgan fingerprint density at radius 1 is 1.35 bits per heavy atom. The number of hydrogen-bond donors (Lipinski definition) is 0. The van der Waals surface area contributed by atoms with Crippen molar-refractivity contribution < 1.29 is 0 Å². The molecule has 0 amide bonds. The number of alkyl halides is 2. The minimum absolute atomic E-state index is 0.221. The van der Waals surface area contributed by atoms with Crippen LogP contribution >= 0.6 is 43.5 Å². The van der Waals surface area contributed by atoms with Crippen LogP contribution in [0.2, 0.25) is 5.02 Å². The lowest BCUT2D eigenvalue weighted by Crippen LogP contribution is -2.28. The molecule has 0 saturated heterocycles. The van der Waals surface area contributed by atoms with Crippen molar-refractivity contribution in [3.05, 3.63) is 16.4 Å². The van der Waals surface area contributed by atoms with Crippen molar-refractivity contribution in [3.63, 3.8) is 0 Å². The molecule has 0 aliphatic carbocycles. The zero-order valence-electron chi connectivity index (χ0n) is 10.6. The molecule has 1 rings (SSSR count). The molecule has 0 saturated carbocycles. The zero-order chi connectivity index (χ0) is 13.1. The summed E-state index contributed by atoms with van der Waals surface area (Å²) >= 11 is 13.6. The Hall–Kier alpha value is 0.460. The van der Waals surface area contributed by atoms with E-state index in [1.54, 1.807) is 0 Å². The minimum atomic E-state index is 0.221. The average Bonchev–Trinajstić information content (AvgIpc) is 2.55. The Bertz CT molecular complexity index is 373. The van der Waals surface area contributed by atoms with Crippen LogP contribution in [0.5, 0.6) is 0 Å². The average molecular weight is 387 g/mol. The van der Waals surface area contributed by atoms with Gasteiger partial charge in [-0.25, -0.2) is 0 Å². The van der Waals surface area contributed by atoms with Gasteiger partial charge in [-0.05, 0) is 25.2 Å². The largest absolute Gasteiger partial charge is 0.271 e. The van der Waals surface area contributed by atoms with Crippen molar-refractivity contribution in [2.24, 2.45) is 12.5 Å². The molecule has 1 aromatic heterocycles.